The lowest BCUT2D eigenvalue weighted by Gasteiger charge is -2.58. The van der Waals surface area contributed by atoms with Gasteiger partial charge in [0.15, 0.2) is 6.10 Å². The molecule has 6 rings (SSSR count). The molecule has 0 radical (unpaired) electrons. The van der Waals surface area contributed by atoms with Crippen molar-refractivity contribution < 1.29 is 9.90 Å². The number of hydrogen-bond acceptors (Lipinski definition) is 3. The molecule has 1 heterocycles. The van der Waals surface area contributed by atoms with Crippen molar-refractivity contribution in [1.29, 1.82) is 0 Å². The third-order valence-electron chi connectivity index (χ3n) is 11.9. The zero-order chi connectivity index (χ0) is 24.5. The van der Waals surface area contributed by atoms with Gasteiger partial charge in [-0.05, 0) is 105 Å². The van der Waals surface area contributed by atoms with Gasteiger partial charge in [-0.1, -0.05) is 48.9 Å². The van der Waals surface area contributed by atoms with E-state index in [0.717, 1.165) is 42.6 Å². The van der Waals surface area contributed by atoms with E-state index < -0.39 is 6.10 Å². The number of benzene rings is 1. The number of carbonyl (C=O) groups is 1. The van der Waals surface area contributed by atoms with Crippen molar-refractivity contribution in [3.63, 3.8) is 0 Å². The zero-order valence-corrected chi connectivity index (χ0v) is 22.1. The van der Waals surface area contributed by atoms with Gasteiger partial charge in [0, 0.05) is 25.7 Å². The fourth-order valence-corrected chi connectivity index (χ4v) is 9.92. The molecule has 4 heteroatoms. The Morgan fingerprint density at radius 1 is 1.09 bits per heavy atom. The molecule has 3 saturated carbocycles. The molecule has 4 fully saturated rings. The number of fused-ring (bicyclic) bond motifs is 4. The summed E-state index contributed by atoms with van der Waals surface area (Å²) >= 11 is 0. The van der Waals surface area contributed by atoms with Gasteiger partial charge in [0.05, 0.1) is 0 Å². The number of allylic oxidation sites excluding steroid dienone is 1. The molecule has 1 aromatic rings. The van der Waals surface area contributed by atoms with Crippen molar-refractivity contribution in [2.75, 3.05) is 20.6 Å². The molecular formula is C31H44N2O2. The van der Waals surface area contributed by atoms with Gasteiger partial charge in [0.1, 0.15) is 0 Å². The number of rotatable bonds is 3. The molecule has 1 spiro atoms. The number of likely N-dealkylation sites (tertiary alicyclic amines) is 1. The summed E-state index contributed by atoms with van der Waals surface area (Å²) in [5.41, 5.74) is 3.15. The first kappa shape index (κ1) is 23.7. The van der Waals surface area contributed by atoms with Crippen LogP contribution >= 0.6 is 0 Å². The van der Waals surface area contributed by atoms with Gasteiger partial charge in [0.2, 0.25) is 0 Å². The third-order valence-corrected chi connectivity index (χ3v) is 11.9. The maximum Gasteiger partial charge on any atom is 0.256 e. The Kier molecular flexibility index (Phi) is 5.73. The average Bonchev–Trinajstić information content (AvgIpc) is 3.36. The molecule has 1 saturated heterocycles. The van der Waals surface area contributed by atoms with Crippen LogP contribution in [0.1, 0.15) is 76.9 Å². The molecule has 1 N–H and O–H groups in total. The van der Waals surface area contributed by atoms with Crippen molar-refractivity contribution in [1.82, 2.24) is 9.80 Å². The molecule has 0 unspecified atom stereocenters. The van der Waals surface area contributed by atoms with Gasteiger partial charge in [-0.2, -0.15) is 0 Å². The fraction of sp³-hybridized carbons (Fsp3) is 0.710. The first-order valence-electron chi connectivity index (χ1n) is 14.2. The molecule has 190 valence electrons. The van der Waals surface area contributed by atoms with E-state index in [2.05, 4.69) is 31.9 Å². The van der Waals surface area contributed by atoms with Crippen molar-refractivity contribution >= 4 is 5.91 Å². The lowest BCUT2D eigenvalue weighted by molar-refractivity contribution is -0.142. The minimum Gasteiger partial charge on any atom is -0.378 e. The van der Waals surface area contributed by atoms with Crippen LogP contribution < -0.4 is 0 Å². The minimum atomic E-state index is -1.07. The predicted molar refractivity (Wildman–Crippen MR) is 140 cm³/mol. The summed E-state index contributed by atoms with van der Waals surface area (Å²) in [4.78, 5) is 17.6. The highest BCUT2D eigenvalue weighted by Crippen LogP contribution is 2.68. The molecule has 1 aromatic carbocycles. The normalized spacial score (nSPS) is 43.4. The Labute approximate surface area is 211 Å². The number of nitrogens with zero attached hydrogens (tertiary/aromatic N) is 2. The summed E-state index contributed by atoms with van der Waals surface area (Å²) in [6.45, 7) is 6.35. The van der Waals surface area contributed by atoms with Crippen LogP contribution in [0.5, 0.6) is 0 Å². The second-order valence-electron chi connectivity index (χ2n) is 13.0. The van der Waals surface area contributed by atoms with Gasteiger partial charge in [-0.25, -0.2) is 0 Å². The predicted octanol–water partition coefficient (Wildman–Crippen LogP) is 5.44. The smallest absolute Gasteiger partial charge is 0.256 e. The van der Waals surface area contributed by atoms with E-state index in [-0.39, 0.29) is 17.4 Å². The molecule has 9 atom stereocenters. The lowest BCUT2D eigenvalue weighted by atomic mass is 9.47. The number of hydrogen-bond donors (Lipinski definition) is 1. The number of amides is 1. The van der Waals surface area contributed by atoms with E-state index in [1.54, 1.807) is 5.57 Å². The summed E-state index contributed by atoms with van der Waals surface area (Å²) < 4.78 is 0. The largest absolute Gasteiger partial charge is 0.378 e. The highest BCUT2D eigenvalue weighted by Gasteiger charge is 2.64. The molecule has 1 aliphatic heterocycles. The number of likely N-dealkylation sites (N-methyl/N-ethyl adjacent to an activating group) is 1. The van der Waals surface area contributed by atoms with E-state index in [1.165, 1.54) is 45.1 Å². The van der Waals surface area contributed by atoms with E-state index in [9.17, 15) is 9.90 Å². The average molecular weight is 477 g/mol. The van der Waals surface area contributed by atoms with Gasteiger partial charge >= 0.3 is 0 Å². The van der Waals surface area contributed by atoms with Crippen LogP contribution in [0.4, 0.5) is 0 Å². The third kappa shape index (κ3) is 3.42. The van der Waals surface area contributed by atoms with E-state index in [1.807, 2.05) is 42.3 Å². The highest BCUT2D eigenvalue weighted by atomic mass is 16.3. The molecule has 1 amide bonds. The number of carbonyl (C=O) groups excluding carboxylic acids is 1. The van der Waals surface area contributed by atoms with Crippen molar-refractivity contribution in [3.8, 4) is 0 Å². The summed E-state index contributed by atoms with van der Waals surface area (Å²) in [7, 11) is 4.25. The highest BCUT2D eigenvalue weighted by molar-refractivity contribution is 5.82. The van der Waals surface area contributed by atoms with Crippen LogP contribution in [0.2, 0.25) is 0 Å². The minimum absolute atomic E-state index is 0.171. The van der Waals surface area contributed by atoms with Gasteiger partial charge in [-0.15, -0.1) is 0 Å². The van der Waals surface area contributed by atoms with Crippen LogP contribution in [-0.4, -0.2) is 53.5 Å². The van der Waals surface area contributed by atoms with Crippen LogP contribution in [-0.2, 0) is 4.79 Å². The summed E-state index contributed by atoms with van der Waals surface area (Å²) in [5, 5.41) is 10.7. The summed E-state index contributed by atoms with van der Waals surface area (Å²) in [6.07, 6.45) is 11.6. The fourth-order valence-electron chi connectivity index (χ4n) is 9.92. The van der Waals surface area contributed by atoms with Crippen LogP contribution in [0.25, 0.3) is 0 Å². The standard InChI is InChI=1S/C31H44N2O2/c1-20-25-12-13-27-24-11-10-22-18-23(33(4)29(35)28(34)21-8-6-5-7-9-21)14-16-30(22,2)26(24)15-17-31(25,27)19-32(20)3/h5-10,20,23-28,34H,11-19H2,1-4H3/t20-,23-,24+,25+,26-,27-,28-,30-,31-/m0/s1. The van der Waals surface area contributed by atoms with Gasteiger partial charge in [0.25, 0.3) is 5.91 Å². The van der Waals surface area contributed by atoms with Crippen LogP contribution in [0.15, 0.2) is 42.0 Å². The lowest BCUT2D eigenvalue weighted by Crippen LogP contribution is -2.53. The summed E-state index contributed by atoms with van der Waals surface area (Å²) in [6, 6.07) is 10.3. The Morgan fingerprint density at radius 2 is 1.83 bits per heavy atom. The van der Waals surface area contributed by atoms with Crippen LogP contribution in [0, 0.1) is 34.5 Å². The maximum atomic E-state index is 13.1. The SMILES string of the molecule is C[C@H]1[C@H]2CC[C@H]3[C@@H]4CC=C5C[C@@H](N(C)C(=O)[C@@H](O)c6ccccc6)CC[C@]5(C)[C@H]4CC[C@]23CN1C. The molecule has 5 aliphatic rings. The number of aliphatic hydroxyl groups excluding tert-OH is 1. The Balaban J connectivity index is 1.19. The van der Waals surface area contributed by atoms with Crippen molar-refractivity contribution in [3.05, 3.63) is 47.5 Å². The van der Waals surface area contributed by atoms with Crippen molar-refractivity contribution in [2.24, 2.45) is 34.5 Å². The first-order chi connectivity index (χ1) is 16.8. The molecule has 4 nitrogen and oxygen atoms in total. The number of aliphatic hydroxyl groups is 1. The first-order valence-corrected chi connectivity index (χ1v) is 14.2. The van der Waals surface area contributed by atoms with Gasteiger partial charge < -0.3 is 14.9 Å². The quantitative estimate of drug-likeness (QED) is 0.591. The van der Waals surface area contributed by atoms with E-state index in [4.69, 9.17) is 0 Å². The van der Waals surface area contributed by atoms with E-state index >= 15 is 0 Å². The van der Waals surface area contributed by atoms with Crippen LogP contribution in [0.3, 0.4) is 0 Å². The maximum absolute atomic E-state index is 13.1. The van der Waals surface area contributed by atoms with E-state index in [0.29, 0.717) is 11.0 Å². The Morgan fingerprint density at radius 3 is 2.60 bits per heavy atom. The monoisotopic (exact) mass is 476 g/mol. The second-order valence-corrected chi connectivity index (χ2v) is 13.0. The molecule has 0 aromatic heterocycles. The Bertz CT molecular complexity index is 1010. The topological polar surface area (TPSA) is 43.8 Å². The molecular weight excluding hydrogens is 432 g/mol. The molecule has 35 heavy (non-hydrogen) atoms. The summed E-state index contributed by atoms with van der Waals surface area (Å²) in [5.74, 6) is 3.28. The second kappa shape index (κ2) is 8.45. The molecule has 4 aliphatic carbocycles. The van der Waals surface area contributed by atoms with Gasteiger partial charge in [-0.3, -0.25) is 4.79 Å². The zero-order valence-electron chi connectivity index (χ0n) is 22.1. The van der Waals surface area contributed by atoms with Crippen molar-refractivity contribution in [2.45, 2.75) is 83.4 Å². The Hall–Kier alpha value is -1.65. The molecule has 0 bridgehead atoms.